The van der Waals surface area contributed by atoms with Gasteiger partial charge in [-0.05, 0) is 12.1 Å². The van der Waals surface area contributed by atoms with Crippen LogP contribution in [0.5, 0.6) is 0 Å². The number of aldehydes is 1. The van der Waals surface area contributed by atoms with Crippen LogP contribution in [-0.2, 0) is 18.0 Å². The predicted molar refractivity (Wildman–Crippen MR) is 122 cm³/mol. The quantitative estimate of drug-likeness (QED) is 0.272. The molecule has 0 saturated heterocycles. The molecule has 10 nitrogen and oxygen atoms in total. The fourth-order valence-electron chi connectivity index (χ4n) is 3.37. The number of carbonyl (C=O) groups is 1. The maximum absolute atomic E-state index is 13.4. The normalized spacial score (nSPS) is 11.5. The molecule has 13 heteroatoms. The molecular formula is C22H21F3N8O2. The minimum atomic E-state index is -4.58. The summed E-state index contributed by atoms with van der Waals surface area (Å²) in [6.07, 6.45) is 3.29. The van der Waals surface area contributed by atoms with Crippen molar-refractivity contribution in [3.05, 3.63) is 60.4 Å². The molecule has 182 valence electrons. The highest BCUT2D eigenvalue weighted by Gasteiger charge is 2.34. The van der Waals surface area contributed by atoms with Crippen molar-refractivity contribution in [2.45, 2.75) is 6.18 Å². The van der Waals surface area contributed by atoms with Gasteiger partial charge in [-0.25, -0.2) is 15.0 Å². The molecule has 0 radical (unpaired) electrons. The number of nitrogens with one attached hydrogen (secondary N) is 2. The molecule has 0 unspecified atom stereocenters. The predicted octanol–water partition coefficient (Wildman–Crippen LogP) is 3.70. The molecule has 0 aliphatic heterocycles. The average molecular weight is 486 g/mol. The van der Waals surface area contributed by atoms with E-state index in [9.17, 15) is 18.0 Å². The van der Waals surface area contributed by atoms with Crippen LogP contribution < -0.4 is 10.6 Å². The Morgan fingerprint density at radius 2 is 2.03 bits per heavy atom. The Hall–Kier alpha value is -4.26. The van der Waals surface area contributed by atoms with E-state index in [4.69, 9.17) is 4.74 Å². The lowest BCUT2D eigenvalue weighted by molar-refractivity contribution is -0.137. The van der Waals surface area contributed by atoms with Gasteiger partial charge in [-0.3, -0.25) is 14.0 Å². The second kappa shape index (κ2) is 9.93. The van der Waals surface area contributed by atoms with Crippen LogP contribution in [0.15, 0.2) is 49.2 Å². The number of methoxy groups -OCH3 is 1. The smallest absolute Gasteiger partial charge is 0.383 e. The van der Waals surface area contributed by atoms with Crippen molar-refractivity contribution in [1.29, 1.82) is 0 Å². The van der Waals surface area contributed by atoms with Gasteiger partial charge in [0.1, 0.15) is 17.3 Å². The molecule has 0 amide bonds. The largest absolute Gasteiger partial charge is 0.419 e. The van der Waals surface area contributed by atoms with E-state index in [2.05, 4.69) is 30.7 Å². The average Bonchev–Trinajstić information content (AvgIpc) is 3.47. The maximum atomic E-state index is 13.4. The van der Waals surface area contributed by atoms with Gasteiger partial charge in [-0.15, -0.1) is 0 Å². The Balaban J connectivity index is 1.64. The van der Waals surface area contributed by atoms with Gasteiger partial charge >= 0.3 is 6.18 Å². The van der Waals surface area contributed by atoms with Crippen LogP contribution >= 0.6 is 0 Å². The number of aromatic nitrogens is 6. The van der Waals surface area contributed by atoms with E-state index in [1.54, 1.807) is 47.0 Å². The van der Waals surface area contributed by atoms with Crippen LogP contribution in [0, 0.1) is 0 Å². The van der Waals surface area contributed by atoms with E-state index in [-0.39, 0.29) is 36.3 Å². The lowest BCUT2D eigenvalue weighted by Crippen LogP contribution is -2.15. The molecule has 4 rings (SSSR count). The first-order chi connectivity index (χ1) is 16.8. The van der Waals surface area contributed by atoms with Crippen molar-refractivity contribution < 1.29 is 22.7 Å². The van der Waals surface area contributed by atoms with Gasteiger partial charge in [0.25, 0.3) is 0 Å². The van der Waals surface area contributed by atoms with Crippen LogP contribution in [0.1, 0.15) is 16.1 Å². The summed E-state index contributed by atoms with van der Waals surface area (Å²) >= 11 is 0. The number of pyridine rings is 2. The maximum Gasteiger partial charge on any atom is 0.419 e. The number of hydrogen-bond donors (Lipinski definition) is 2. The Morgan fingerprint density at radius 3 is 2.71 bits per heavy atom. The number of alkyl halides is 3. The van der Waals surface area contributed by atoms with E-state index in [0.29, 0.717) is 17.7 Å². The van der Waals surface area contributed by atoms with Gasteiger partial charge in [0.15, 0.2) is 6.29 Å². The van der Waals surface area contributed by atoms with E-state index in [0.717, 1.165) is 11.8 Å². The molecule has 0 atom stereocenters. The zero-order valence-corrected chi connectivity index (χ0v) is 18.7. The highest BCUT2D eigenvalue weighted by Crippen LogP contribution is 2.35. The minimum absolute atomic E-state index is 0.132. The van der Waals surface area contributed by atoms with E-state index < -0.39 is 11.7 Å². The Morgan fingerprint density at radius 1 is 1.20 bits per heavy atom. The summed E-state index contributed by atoms with van der Waals surface area (Å²) in [6.45, 7) is 0.409. The molecule has 0 aromatic carbocycles. The van der Waals surface area contributed by atoms with Crippen LogP contribution in [0.25, 0.3) is 16.9 Å². The van der Waals surface area contributed by atoms with E-state index >= 15 is 0 Å². The van der Waals surface area contributed by atoms with Crippen molar-refractivity contribution in [3.63, 3.8) is 0 Å². The number of halogens is 3. The van der Waals surface area contributed by atoms with Crippen LogP contribution in [-0.4, -0.2) is 55.8 Å². The van der Waals surface area contributed by atoms with E-state index in [1.165, 1.54) is 19.4 Å². The van der Waals surface area contributed by atoms with Crippen LogP contribution in [0.4, 0.5) is 30.6 Å². The van der Waals surface area contributed by atoms with Crippen LogP contribution in [0.3, 0.4) is 0 Å². The molecule has 0 aliphatic rings. The number of anilines is 3. The second-order valence-electron chi connectivity index (χ2n) is 7.40. The van der Waals surface area contributed by atoms with Crippen molar-refractivity contribution in [1.82, 2.24) is 29.3 Å². The zero-order valence-electron chi connectivity index (χ0n) is 18.7. The third-order valence-corrected chi connectivity index (χ3v) is 5.00. The van der Waals surface area contributed by atoms with Crippen LogP contribution in [0.2, 0.25) is 0 Å². The first kappa shape index (κ1) is 23.9. The number of ether oxygens (including phenoxy) is 1. The molecule has 2 N–H and O–H groups in total. The highest BCUT2D eigenvalue weighted by molar-refractivity contribution is 5.85. The van der Waals surface area contributed by atoms with Crippen molar-refractivity contribution >= 4 is 23.7 Å². The van der Waals surface area contributed by atoms with Gasteiger partial charge < -0.3 is 15.4 Å². The number of nitrogens with zero attached hydrogens (tertiary/aromatic N) is 6. The molecule has 0 aliphatic carbocycles. The number of carbonyl (C=O) groups excluding carboxylic acids is 1. The summed E-state index contributed by atoms with van der Waals surface area (Å²) in [5.74, 6) is 0.761. The molecule has 0 bridgehead atoms. The van der Waals surface area contributed by atoms with Gasteiger partial charge in [0, 0.05) is 62.7 Å². The van der Waals surface area contributed by atoms with Gasteiger partial charge in [0.2, 0.25) is 5.95 Å². The summed E-state index contributed by atoms with van der Waals surface area (Å²) in [5, 5.41) is 9.74. The number of aryl methyl sites for hydroxylation is 1. The molecular weight excluding hydrogens is 465 g/mol. The third-order valence-electron chi connectivity index (χ3n) is 5.00. The van der Waals surface area contributed by atoms with Gasteiger partial charge in [-0.2, -0.15) is 18.3 Å². The molecule has 0 spiro atoms. The number of imidazole rings is 1. The second-order valence-corrected chi connectivity index (χ2v) is 7.40. The monoisotopic (exact) mass is 486 g/mol. The van der Waals surface area contributed by atoms with Crippen molar-refractivity contribution in [3.8, 4) is 16.9 Å². The highest BCUT2D eigenvalue weighted by atomic mass is 19.4. The fraction of sp³-hybridized carbons (Fsp3) is 0.227. The van der Waals surface area contributed by atoms with Gasteiger partial charge in [0.05, 0.1) is 24.1 Å². The summed E-state index contributed by atoms with van der Waals surface area (Å²) < 4.78 is 48.2. The van der Waals surface area contributed by atoms with E-state index in [1.807, 2.05) is 0 Å². The van der Waals surface area contributed by atoms with Gasteiger partial charge in [-0.1, -0.05) is 0 Å². The molecule has 35 heavy (non-hydrogen) atoms. The first-order valence-corrected chi connectivity index (χ1v) is 10.4. The Labute approximate surface area is 197 Å². The molecule has 0 saturated carbocycles. The summed E-state index contributed by atoms with van der Waals surface area (Å²) in [4.78, 5) is 24.2. The van der Waals surface area contributed by atoms with Crippen molar-refractivity contribution in [2.75, 3.05) is 30.9 Å². The SMILES string of the molecule is COCCNc1cc(Nc2nccn2-c2ccc(-c3cnn(C)c3)c(C=O)n2)ncc1C(F)(F)F. The summed E-state index contributed by atoms with van der Waals surface area (Å²) in [6, 6.07) is 4.68. The lowest BCUT2D eigenvalue weighted by Gasteiger charge is -2.16. The molecule has 0 fully saturated rings. The molecule has 4 aromatic heterocycles. The first-order valence-electron chi connectivity index (χ1n) is 10.4. The molecule has 4 heterocycles. The summed E-state index contributed by atoms with van der Waals surface area (Å²) in [7, 11) is 3.22. The fourth-order valence-corrected chi connectivity index (χ4v) is 3.37. The number of rotatable bonds is 9. The Bertz CT molecular complexity index is 1330. The Kier molecular flexibility index (Phi) is 6.78. The number of hydrogen-bond acceptors (Lipinski definition) is 8. The van der Waals surface area contributed by atoms with Crippen molar-refractivity contribution in [2.24, 2.45) is 7.05 Å². The zero-order chi connectivity index (χ0) is 25.0. The molecule has 4 aromatic rings. The topological polar surface area (TPSA) is 112 Å². The summed E-state index contributed by atoms with van der Waals surface area (Å²) in [5.41, 5.74) is 0.508. The lowest BCUT2D eigenvalue weighted by atomic mass is 10.1. The standard InChI is InChI=1S/C22H21F3N8O2/c1-32-12-14(10-29-32)15-3-4-20(30-18(15)13-34)33-7-5-27-21(33)31-19-9-17(26-6-8-35-2)16(11-28-19)22(23,24)25/h3-5,7,9-13H,6,8H2,1-2H3,(H2,26,27,28,31). The third kappa shape index (κ3) is 5.30. The minimum Gasteiger partial charge on any atom is -0.383 e.